The van der Waals surface area contributed by atoms with Gasteiger partial charge in [0.2, 0.25) is 0 Å². The van der Waals surface area contributed by atoms with Crippen molar-refractivity contribution in [3.05, 3.63) is 29.8 Å². The van der Waals surface area contributed by atoms with Gasteiger partial charge in [-0.2, -0.15) is 0 Å². The van der Waals surface area contributed by atoms with Crippen LogP contribution >= 0.6 is 0 Å². The molecule has 1 aromatic rings. The molecule has 0 aromatic heterocycles. The highest BCUT2D eigenvalue weighted by molar-refractivity contribution is 5.80. The summed E-state index contributed by atoms with van der Waals surface area (Å²) < 4.78 is 12.0. The number of carbonyl (C=O) groups is 1. The molecule has 176 valence electrons. The second-order valence-corrected chi connectivity index (χ2v) is 12.0. The number of rotatable bonds is 5. The molecule has 4 saturated carbocycles. The lowest BCUT2D eigenvalue weighted by molar-refractivity contribution is -0.207. The van der Waals surface area contributed by atoms with Gasteiger partial charge in [-0.3, -0.25) is 4.79 Å². The van der Waals surface area contributed by atoms with Gasteiger partial charge in [0.1, 0.15) is 11.9 Å². The van der Waals surface area contributed by atoms with E-state index in [0.717, 1.165) is 30.9 Å². The molecule has 0 spiro atoms. The topological polar surface area (TPSA) is 35.5 Å². The number of hydrogen-bond acceptors (Lipinski definition) is 3. The lowest BCUT2D eigenvalue weighted by atomic mass is 9.43. The standard InChI is InChI=1S/C29H42O3/c1-19-11-16-25(28(2,3)20-12-14-21(31-4)15-13-20)26(18-19)32-27(30)29-17-6-5-9-23(29)22-8-7-10-24(22)29/h12-15,19,22-26H,5-11,16-18H2,1-4H3/t19-,22+,23+,24-,25-,26-,29+/m1/s1. The van der Waals surface area contributed by atoms with E-state index in [1.165, 1.54) is 50.5 Å². The predicted octanol–water partition coefficient (Wildman–Crippen LogP) is 6.93. The van der Waals surface area contributed by atoms with Gasteiger partial charge >= 0.3 is 5.97 Å². The molecule has 0 radical (unpaired) electrons. The van der Waals surface area contributed by atoms with E-state index in [1.807, 2.05) is 0 Å². The maximum Gasteiger partial charge on any atom is 0.312 e. The highest BCUT2D eigenvalue weighted by atomic mass is 16.5. The van der Waals surface area contributed by atoms with Crippen molar-refractivity contribution < 1.29 is 14.3 Å². The van der Waals surface area contributed by atoms with Crippen LogP contribution in [0, 0.1) is 35.0 Å². The van der Waals surface area contributed by atoms with E-state index in [-0.39, 0.29) is 22.9 Å². The van der Waals surface area contributed by atoms with Gasteiger partial charge in [-0.05, 0) is 85.3 Å². The smallest absolute Gasteiger partial charge is 0.312 e. The molecule has 7 atom stereocenters. The van der Waals surface area contributed by atoms with Crippen molar-refractivity contribution in [3.63, 3.8) is 0 Å². The molecular weight excluding hydrogens is 396 g/mol. The van der Waals surface area contributed by atoms with E-state index in [2.05, 4.69) is 45.0 Å². The lowest BCUT2D eigenvalue weighted by Gasteiger charge is -2.60. The molecule has 0 saturated heterocycles. The average Bonchev–Trinajstić information content (AvgIpc) is 3.22. The van der Waals surface area contributed by atoms with Gasteiger partial charge in [0.15, 0.2) is 0 Å². The van der Waals surface area contributed by atoms with E-state index in [0.29, 0.717) is 23.7 Å². The molecule has 1 aromatic carbocycles. The summed E-state index contributed by atoms with van der Waals surface area (Å²) in [6.07, 6.45) is 12.1. The van der Waals surface area contributed by atoms with Crippen LogP contribution in [0.3, 0.4) is 0 Å². The van der Waals surface area contributed by atoms with Crippen LogP contribution < -0.4 is 4.74 Å². The number of ether oxygens (including phenoxy) is 2. The third-order valence-corrected chi connectivity index (χ3v) is 10.2. The predicted molar refractivity (Wildman–Crippen MR) is 128 cm³/mol. The van der Waals surface area contributed by atoms with Crippen LogP contribution in [-0.2, 0) is 14.9 Å². The largest absolute Gasteiger partial charge is 0.497 e. The minimum Gasteiger partial charge on any atom is -0.497 e. The Labute approximate surface area is 194 Å². The van der Waals surface area contributed by atoms with Gasteiger partial charge in [-0.15, -0.1) is 0 Å². The summed E-state index contributed by atoms with van der Waals surface area (Å²) >= 11 is 0. The van der Waals surface area contributed by atoms with Crippen molar-refractivity contribution in [2.75, 3.05) is 7.11 Å². The molecule has 4 fully saturated rings. The fraction of sp³-hybridized carbons (Fsp3) is 0.759. The summed E-state index contributed by atoms with van der Waals surface area (Å²) in [5.41, 5.74) is 1.12. The maximum atomic E-state index is 14.0. The molecule has 4 aliphatic carbocycles. The summed E-state index contributed by atoms with van der Waals surface area (Å²) in [4.78, 5) is 14.0. The minimum absolute atomic E-state index is 0.0285. The van der Waals surface area contributed by atoms with Crippen LogP contribution in [0.1, 0.15) is 90.5 Å². The van der Waals surface area contributed by atoms with E-state index in [4.69, 9.17) is 9.47 Å². The maximum absolute atomic E-state index is 14.0. The monoisotopic (exact) mass is 438 g/mol. The van der Waals surface area contributed by atoms with Crippen LogP contribution in [0.2, 0.25) is 0 Å². The Morgan fingerprint density at radius 2 is 1.69 bits per heavy atom. The first kappa shape index (κ1) is 22.3. The number of esters is 1. The van der Waals surface area contributed by atoms with Crippen molar-refractivity contribution in [2.45, 2.75) is 96.5 Å². The molecule has 3 nitrogen and oxygen atoms in total. The molecule has 0 N–H and O–H groups in total. The van der Waals surface area contributed by atoms with Crippen LogP contribution in [0.15, 0.2) is 24.3 Å². The molecule has 5 rings (SSSR count). The van der Waals surface area contributed by atoms with E-state index < -0.39 is 0 Å². The second-order valence-electron chi connectivity index (χ2n) is 12.0. The Morgan fingerprint density at radius 3 is 2.41 bits per heavy atom. The number of benzene rings is 1. The molecule has 32 heavy (non-hydrogen) atoms. The molecule has 3 heteroatoms. The van der Waals surface area contributed by atoms with Gasteiger partial charge in [0.25, 0.3) is 0 Å². The van der Waals surface area contributed by atoms with Gasteiger partial charge in [-0.1, -0.05) is 58.6 Å². The van der Waals surface area contributed by atoms with Crippen molar-refractivity contribution in [1.82, 2.24) is 0 Å². The number of hydrogen-bond donors (Lipinski definition) is 0. The number of carbonyl (C=O) groups excluding carboxylic acids is 1. The zero-order valence-corrected chi connectivity index (χ0v) is 20.6. The molecule has 0 aliphatic heterocycles. The third kappa shape index (κ3) is 3.41. The normalized spacial score (nSPS) is 38.9. The summed E-state index contributed by atoms with van der Waals surface area (Å²) in [7, 11) is 1.71. The summed E-state index contributed by atoms with van der Waals surface area (Å²) in [5, 5.41) is 0. The molecule has 0 heterocycles. The van der Waals surface area contributed by atoms with Crippen LogP contribution in [-0.4, -0.2) is 19.2 Å². The van der Waals surface area contributed by atoms with E-state index >= 15 is 0 Å². The Hall–Kier alpha value is -1.51. The third-order valence-electron chi connectivity index (χ3n) is 10.2. The van der Waals surface area contributed by atoms with E-state index in [9.17, 15) is 4.79 Å². The molecular formula is C29H42O3. The number of methoxy groups -OCH3 is 1. The van der Waals surface area contributed by atoms with Gasteiger partial charge < -0.3 is 9.47 Å². The van der Waals surface area contributed by atoms with Gasteiger partial charge in [0.05, 0.1) is 12.5 Å². The summed E-state index contributed by atoms with van der Waals surface area (Å²) in [5.74, 6) is 4.06. The molecule has 0 amide bonds. The molecule has 0 unspecified atom stereocenters. The van der Waals surface area contributed by atoms with Crippen LogP contribution in [0.4, 0.5) is 0 Å². The first-order valence-corrected chi connectivity index (χ1v) is 13.2. The Morgan fingerprint density at radius 1 is 0.969 bits per heavy atom. The highest BCUT2D eigenvalue weighted by Crippen LogP contribution is 2.69. The molecule has 4 aliphatic rings. The van der Waals surface area contributed by atoms with E-state index in [1.54, 1.807) is 7.11 Å². The summed E-state index contributed by atoms with van der Waals surface area (Å²) in [6, 6.07) is 8.51. The van der Waals surface area contributed by atoms with Gasteiger partial charge in [-0.25, -0.2) is 0 Å². The van der Waals surface area contributed by atoms with Crippen molar-refractivity contribution >= 4 is 5.97 Å². The fourth-order valence-electron chi connectivity index (χ4n) is 8.44. The zero-order chi connectivity index (χ0) is 22.5. The SMILES string of the molecule is COc1ccc(C(C)(C)[C@@H]2CC[C@@H](C)C[C@H]2OC(=O)[C@@]23CCCC[C@H]2[C@@H]2CCC[C@H]23)cc1. The zero-order valence-electron chi connectivity index (χ0n) is 20.6. The first-order valence-electron chi connectivity index (χ1n) is 13.2. The number of fused-ring (bicyclic) bond motifs is 4. The Balaban J connectivity index is 1.38. The van der Waals surface area contributed by atoms with Crippen molar-refractivity contribution in [1.29, 1.82) is 0 Å². The van der Waals surface area contributed by atoms with Crippen molar-refractivity contribution in [3.8, 4) is 5.75 Å². The molecule has 0 bridgehead atoms. The minimum atomic E-state index is -0.144. The second kappa shape index (κ2) is 8.37. The Bertz CT molecular complexity index is 827. The van der Waals surface area contributed by atoms with Gasteiger partial charge in [0, 0.05) is 5.92 Å². The average molecular weight is 439 g/mol. The quantitative estimate of drug-likeness (QED) is 0.468. The lowest BCUT2D eigenvalue weighted by Crippen LogP contribution is -2.61. The summed E-state index contributed by atoms with van der Waals surface area (Å²) in [6.45, 7) is 7.01. The first-order chi connectivity index (χ1) is 15.4. The highest BCUT2D eigenvalue weighted by Gasteiger charge is 2.67. The van der Waals surface area contributed by atoms with Crippen LogP contribution in [0.5, 0.6) is 5.75 Å². The van der Waals surface area contributed by atoms with Crippen LogP contribution in [0.25, 0.3) is 0 Å². The Kier molecular flexibility index (Phi) is 5.83. The fourth-order valence-corrected chi connectivity index (χ4v) is 8.44. The van der Waals surface area contributed by atoms with Crippen molar-refractivity contribution in [2.24, 2.45) is 35.0 Å².